The van der Waals surface area contributed by atoms with E-state index in [4.69, 9.17) is 16.3 Å². The average molecular weight is 355 g/mol. The van der Waals surface area contributed by atoms with Gasteiger partial charge in [0, 0.05) is 31.2 Å². The molecule has 0 bridgehead atoms. The number of aromatic nitrogens is 1. The van der Waals surface area contributed by atoms with Crippen molar-refractivity contribution in [3.63, 3.8) is 0 Å². The zero-order chi connectivity index (χ0) is 17.2. The summed E-state index contributed by atoms with van der Waals surface area (Å²) in [5.74, 6) is 0.645. The third-order valence-corrected chi connectivity index (χ3v) is 4.89. The maximum atomic E-state index is 11.8. The standard InChI is InChI=1S/C20H19ClN2O2/c21-18-11-17-15(6-8-22-20(17)24)10-19(18)25-16-7-9-23(13-16)12-14-4-2-1-3-5-14/h1-6,8,10-11,16H,7,9,12-13H2,(H,22,24)/t16-/m1/s1. The molecule has 2 heterocycles. The first-order valence-electron chi connectivity index (χ1n) is 8.43. The second kappa shape index (κ2) is 6.90. The maximum Gasteiger partial charge on any atom is 0.255 e. The van der Waals surface area contributed by atoms with Gasteiger partial charge in [-0.05, 0) is 35.6 Å². The lowest BCUT2D eigenvalue weighted by Gasteiger charge is -2.18. The number of benzene rings is 2. The van der Waals surface area contributed by atoms with Crippen LogP contribution in [0, 0.1) is 0 Å². The van der Waals surface area contributed by atoms with E-state index in [9.17, 15) is 4.79 Å². The average Bonchev–Trinajstić information content (AvgIpc) is 3.04. The highest BCUT2D eigenvalue weighted by Crippen LogP contribution is 2.31. The van der Waals surface area contributed by atoms with Gasteiger partial charge < -0.3 is 9.72 Å². The first-order valence-corrected chi connectivity index (χ1v) is 8.81. The molecule has 0 amide bonds. The highest BCUT2D eigenvalue weighted by molar-refractivity contribution is 6.32. The van der Waals surface area contributed by atoms with E-state index in [2.05, 4.69) is 34.1 Å². The van der Waals surface area contributed by atoms with E-state index >= 15 is 0 Å². The number of nitrogens with one attached hydrogen (secondary N) is 1. The van der Waals surface area contributed by atoms with E-state index in [1.807, 2.05) is 18.2 Å². The molecule has 0 saturated carbocycles. The Hall–Kier alpha value is -2.30. The summed E-state index contributed by atoms with van der Waals surface area (Å²) >= 11 is 6.33. The van der Waals surface area contributed by atoms with Crippen molar-refractivity contribution in [3.05, 3.63) is 75.7 Å². The quantitative estimate of drug-likeness (QED) is 0.774. The summed E-state index contributed by atoms with van der Waals surface area (Å²) in [6.07, 6.45) is 2.72. The molecule has 1 saturated heterocycles. The van der Waals surface area contributed by atoms with Crippen molar-refractivity contribution in [2.24, 2.45) is 0 Å². The molecule has 5 heteroatoms. The second-order valence-electron chi connectivity index (χ2n) is 6.43. The summed E-state index contributed by atoms with van der Waals surface area (Å²) in [5.41, 5.74) is 1.17. The zero-order valence-electron chi connectivity index (χ0n) is 13.7. The third-order valence-electron chi connectivity index (χ3n) is 4.60. The van der Waals surface area contributed by atoms with Crippen LogP contribution in [0.25, 0.3) is 10.8 Å². The van der Waals surface area contributed by atoms with Crippen LogP contribution < -0.4 is 10.3 Å². The van der Waals surface area contributed by atoms with Crippen LogP contribution in [0.2, 0.25) is 5.02 Å². The molecule has 3 aromatic rings. The predicted octanol–water partition coefficient (Wildman–Crippen LogP) is 3.83. The number of fused-ring (bicyclic) bond motifs is 1. The van der Waals surface area contributed by atoms with Crippen molar-refractivity contribution in [2.75, 3.05) is 13.1 Å². The van der Waals surface area contributed by atoms with E-state index in [1.54, 1.807) is 12.3 Å². The van der Waals surface area contributed by atoms with Crippen LogP contribution in [0.5, 0.6) is 5.75 Å². The number of H-pyrrole nitrogens is 1. The Morgan fingerprint density at radius 1 is 1.20 bits per heavy atom. The Labute approximate surface area is 151 Å². The number of hydrogen-bond donors (Lipinski definition) is 1. The highest BCUT2D eigenvalue weighted by Gasteiger charge is 2.24. The van der Waals surface area contributed by atoms with Gasteiger partial charge in [0.15, 0.2) is 0 Å². The van der Waals surface area contributed by atoms with Crippen LogP contribution in [0.3, 0.4) is 0 Å². The van der Waals surface area contributed by atoms with Crippen LogP contribution in [-0.2, 0) is 6.54 Å². The number of rotatable bonds is 4. The van der Waals surface area contributed by atoms with E-state index in [1.165, 1.54) is 5.56 Å². The van der Waals surface area contributed by atoms with E-state index < -0.39 is 0 Å². The highest BCUT2D eigenvalue weighted by atomic mass is 35.5. The molecule has 25 heavy (non-hydrogen) atoms. The van der Waals surface area contributed by atoms with Crippen molar-refractivity contribution >= 4 is 22.4 Å². The van der Waals surface area contributed by atoms with Crippen LogP contribution in [-0.4, -0.2) is 29.1 Å². The first-order chi connectivity index (χ1) is 12.2. The topological polar surface area (TPSA) is 45.3 Å². The Kier molecular flexibility index (Phi) is 4.47. The predicted molar refractivity (Wildman–Crippen MR) is 100 cm³/mol. The first kappa shape index (κ1) is 16.2. The molecule has 0 aliphatic carbocycles. The van der Waals surface area contributed by atoms with Gasteiger partial charge in [0.05, 0.1) is 5.02 Å². The molecule has 1 aliphatic heterocycles. The minimum atomic E-state index is -0.138. The third kappa shape index (κ3) is 3.55. The molecule has 0 spiro atoms. The summed E-state index contributed by atoms with van der Waals surface area (Å²) in [6.45, 7) is 2.81. The Balaban J connectivity index is 1.47. The zero-order valence-corrected chi connectivity index (χ0v) is 14.5. The number of ether oxygens (including phenoxy) is 1. The number of halogens is 1. The summed E-state index contributed by atoms with van der Waals surface area (Å²) in [4.78, 5) is 16.9. The lowest BCUT2D eigenvalue weighted by Crippen LogP contribution is -2.24. The molecule has 128 valence electrons. The molecule has 1 N–H and O–H groups in total. The van der Waals surface area contributed by atoms with Crippen molar-refractivity contribution < 1.29 is 4.74 Å². The van der Waals surface area contributed by atoms with Gasteiger partial charge in [-0.3, -0.25) is 9.69 Å². The van der Waals surface area contributed by atoms with Crippen molar-refractivity contribution in [2.45, 2.75) is 19.1 Å². The molecule has 4 nitrogen and oxygen atoms in total. The van der Waals surface area contributed by atoms with Crippen LogP contribution >= 0.6 is 11.6 Å². The maximum absolute atomic E-state index is 11.8. The monoisotopic (exact) mass is 354 g/mol. The summed E-state index contributed by atoms with van der Waals surface area (Å²) < 4.78 is 6.14. The molecule has 0 radical (unpaired) electrons. The van der Waals surface area contributed by atoms with Crippen molar-refractivity contribution in [3.8, 4) is 5.75 Å². The van der Waals surface area contributed by atoms with Gasteiger partial charge >= 0.3 is 0 Å². The lowest BCUT2D eigenvalue weighted by atomic mass is 10.1. The van der Waals surface area contributed by atoms with E-state index in [0.29, 0.717) is 16.2 Å². The van der Waals surface area contributed by atoms with Crippen LogP contribution in [0.1, 0.15) is 12.0 Å². The van der Waals surface area contributed by atoms with E-state index in [0.717, 1.165) is 31.4 Å². The van der Waals surface area contributed by atoms with Gasteiger partial charge in [-0.15, -0.1) is 0 Å². The number of aromatic amines is 1. The van der Waals surface area contributed by atoms with Gasteiger partial charge in [-0.2, -0.15) is 0 Å². The van der Waals surface area contributed by atoms with Gasteiger partial charge in [-0.1, -0.05) is 41.9 Å². The Morgan fingerprint density at radius 2 is 2.04 bits per heavy atom. The summed E-state index contributed by atoms with van der Waals surface area (Å²) in [5, 5.41) is 1.89. The molecule has 2 aromatic carbocycles. The smallest absolute Gasteiger partial charge is 0.255 e. The number of likely N-dealkylation sites (tertiary alicyclic amines) is 1. The van der Waals surface area contributed by atoms with Gasteiger partial charge in [-0.25, -0.2) is 0 Å². The fourth-order valence-corrected chi connectivity index (χ4v) is 3.55. The SMILES string of the molecule is O=c1[nH]ccc2cc(O[C@@H]3CCN(Cc4ccccc4)C3)c(Cl)cc12. The van der Waals surface area contributed by atoms with E-state index in [-0.39, 0.29) is 11.7 Å². The van der Waals surface area contributed by atoms with Crippen molar-refractivity contribution in [1.82, 2.24) is 9.88 Å². The number of nitrogens with zero attached hydrogens (tertiary/aromatic N) is 1. The molecular weight excluding hydrogens is 336 g/mol. The fourth-order valence-electron chi connectivity index (χ4n) is 3.34. The molecule has 1 fully saturated rings. The minimum absolute atomic E-state index is 0.112. The molecule has 1 aliphatic rings. The van der Waals surface area contributed by atoms with Gasteiger partial charge in [0.1, 0.15) is 11.9 Å². The van der Waals surface area contributed by atoms with Crippen LogP contribution in [0.15, 0.2) is 59.5 Å². The summed E-state index contributed by atoms with van der Waals surface area (Å²) in [7, 11) is 0. The van der Waals surface area contributed by atoms with Gasteiger partial charge in [0.25, 0.3) is 5.56 Å². The van der Waals surface area contributed by atoms with Crippen LogP contribution in [0.4, 0.5) is 0 Å². The number of pyridine rings is 1. The Morgan fingerprint density at radius 3 is 2.88 bits per heavy atom. The Bertz CT molecular complexity index is 939. The molecule has 1 atom stereocenters. The molecular formula is C20H19ClN2O2. The molecule has 1 aromatic heterocycles. The van der Waals surface area contributed by atoms with Crippen molar-refractivity contribution in [1.29, 1.82) is 0 Å². The summed E-state index contributed by atoms with van der Waals surface area (Å²) in [6, 6.07) is 15.8. The molecule has 4 rings (SSSR count). The van der Waals surface area contributed by atoms with Gasteiger partial charge in [0.2, 0.25) is 0 Å². The largest absolute Gasteiger partial charge is 0.487 e. The fraction of sp³-hybridized carbons (Fsp3) is 0.250. The second-order valence-corrected chi connectivity index (χ2v) is 6.83. The lowest BCUT2D eigenvalue weighted by molar-refractivity contribution is 0.199. The number of hydrogen-bond acceptors (Lipinski definition) is 3. The molecule has 0 unspecified atom stereocenters. The minimum Gasteiger partial charge on any atom is -0.487 e. The normalized spacial score (nSPS) is 17.9.